The molecule has 0 aliphatic heterocycles. The zero-order valence-electron chi connectivity index (χ0n) is 15.3. The van der Waals surface area contributed by atoms with Crippen molar-refractivity contribution in [1.29, 1.82) is 0 Å². The summed E-state index contributed by atoms with van der Waals surface area (Å²) >= 11 is 1.50. The molecule has 1 amide bonds. The number of carbonyl (C=O) groups excluding carboxylic acids is 2. The van der Waals surface area contributed by atoms with Gasteiger partial charge in [-0.3, -0.25) is 9.69 Å². The fourth-order valence-corrected chi connectivity index (χ4v) is 4.71. The Balaban J connectivity index is 1.72. The van der Waals surface area contributed by atoms with E-state index in [0.717, 1.165) is 30.6 Å². The number of nitrogens with zero attached hydrogens (tertiary/aromatic N) is 1. The van der Waals surface area contributed by atoms with Crippen LogP contribution in [-0.4, -0.2) is 37.5 Å². The number of hydrogen-bond acceptors (Lipinski definition) is 6. The van der Waals surface area contributed by atoms with Crippen LogP contribution in [0, 0.1) is 5.92 Å². The third-order valence-corrected chi connectivity index (χ3v) is 5.74. The van der Waals surface area contributed by atoms with Crippen molar-refractivity contribution in [3.8, 4) is 0 Å². The maximum absolute atomic E-state index is 12.5. The highest BCUT2D eigenvalue weighted by Gasteiger charge is 2.29. The highest BCUT2D eigenvalue weighted by atomic mass is 32.1. The van der Waals surface area contributed by atoms with E-state index in [4.69, 9.17) is 9.15 Å². The normalized spacial score (nSPS) is 16.4. The van der Waals surface area contributed by atoms with Crippen molar-refractivity contribution in [3.05, 3.63) is 40.2 Å². The summed E-state index contributed by atoms with van der Waals surface area (Å²) < 4.78 is 10.3. The topological polar surface area (TPSA) is 71.8 Å². The molecule has 0 unspecified atom stereocenters. The fourth-order valence-electron chi connectivity index (χ4n) is 3.29. The average Bonchev–Trinajstić information content (AvgIpc) is 3.20. The number of thiophene rings is 1. The van der Waals surface area contributed by atoms with Gasteiger partial charge in [-0.2, -0.15) is 0 Å². The van der Waals surface area contributed by atoms with E-state index in [0.29, 0.717) is 23.0 Å². The smallest absolute Gasteiger partial charge is 0.341 e. The summed E-state index contributed by atoms with van der Waals surface area (Å²) in [6.45, 7) is 2.96. The second-order valence-corrected chi connectivity index (χ2v) is 7.95. The van der Waals surface area contributed by atoms with Crippen LogP contribution in [0.15, 0.2) is 22.8 Å². The minimum atomic E-state index is -0.378. The standard InChI is InChI=1S/C19H24N2O4S/c1-12-6-7-14-15(9-12)26-18(17(14)19(23)24-3)20-16(22)11-21(2)10-13-5-4-8-25-13/h4-5,8,12H,6-7,9-11H2,1-3H3,(H,20,22)/t12-/m1/s1. The SMILES string of the molecule is COC(=O)c1c(NC(=O)CN(C)Cc2ccco2)sc2c1CC[C@@H](C)C2. The van der Waals surface area contributed by atoms with Crippen LogP contribution in [0.25, 0.3) is 0 Å². The lowest BCUT2D eigenvalue weighted by Gasteiger charge is -2.18. The van der Waals surface area contributed by atoms with Gasteiger partial charge in [-0.05, 0) is 49.9 Å². The highest BCUT2D eigenvalue weighted by molar-refractivity contribution is 7.17. The molecule has 1 N–H and O–H groups in total. The first-order valence-corrected chi connectivity index (χ1v) is 9.53. The molecule has 2 heterocycles. The van der Waals surface area contributed by atoms with Gasteiger partial charge in [-0.1, -0.05) is 6.92 Å². The van der Waals surface area contributed by atoms with E-state index in [9.17, 15) is 9.59 Å². The number of fused-ring (bicyclic) bond motifs is 1. The Morgan fingerprint density at radius 3 is 2.96 bits per heavy atom. The first-order chi connectivity index (χ1) is 12.5. The number of anilines is 1. The van der Waals surface area contributed by atoms with Gasteiger partial charge in [0.15, 0.2) is 0 Å². The number of ether oxygens (including phenoxy) is 1. The van der Waals surface area contributed by atoms with Crippen LogP contribution in [0.4, 0.5) is 5.00 Å². The van der Waals surface area contributed by atoms with E-state index in [1.54, 1.807) is 6.26 Å². The Labute approximate surface area is 157 Å². The first kappa shape index (κ1) is 18.7. The number of nitrogens with one attached hydrogen (secondary N) is 1. The van der Waals surface area contributed by atoms with Crippen LogP contribution in [0.3, 0.4) is 0 Å². The molecule has 3 rings (SSSR count). The Morgan fingerprint density at radius 2 is 2.27 bits per heavy atom. The molecule has 1 aliphatic rings. The van der Waals surface area contributed by atoms with Gasteiger partial charge < -0.3 is 14.5 Å². The summed E-state index contributed by atoms with van der Waals surface area (Å²) in [6.07, 6.45) is 4.46. The number of furan rings is 1. The molecular weight excluding hydrogens is 352 g/mol. The monoisotopic (exact) mass is 376 g/mol. The van der Waals surface area contributed by atoms with Crippen molar-refractivity contribution < 1.29 is 18.7 Å². The van der Waals surface area contributed by atoms with Gasteiger partial charge in [0.25, 0.3) is 0 Å². The van der Waals surface area contributed by atoms with Gasteiger partial charge in [0.05, 0.1) is 32.0 Å². The minimum absolute atomic E-state index is 0.157. The van der Waals surface area contributed by atoms with Crippen molar-refractivity contribution in [1.82, 2.24) is 4.90 Å². The molecule has 140 valence electrons. The van der Waals surface area contributed by atoms with E-state index in [1.807, 2.05) is 24.1 Å². The molecule has 7 heteroatoms. The molecule has 0 aromatic carbocycles. The number of hydrogen-bond donors (Lipinski definition) is 1. The summed E-state index contributed by atoms with van der Waals surface area (Å²) in [5.74, 6) is 0.859. The molecule has 26 heavy (non-hydrogen) atoms. The molecule has 0 spiro atoms. The van der Waals surface area contributed by atoms with Gasteiger partial charge in [-0.15, -0.1) is 11.3 Å². The summed E-state index contributed by atoms with van der Waals surface area (Å²) in [4.78, 5) is 27.8. The molecule has 0 fully saturated rings. The first-order valence-electron chi connectivity index (χ1n) is 8.71. The summed E-state index contributed by atoms with van der Waals surface area (Å²) in [6, 6.07) is 3.70. The van der Waals surface area contributed by atoms with E-state index < -0.39 is 0 Å². The van der Waals surface area contributed by atoms with Gasteiger partial charge in [0.1, 0.15) is 10.8 Å². The predicted molar refractivity (Wildman–Crippen MR) is 101 cm³/mol. The molecule has 0 saturated heterocycles. The van der Waals surface area contributed by atoms with Gasteiger partial charge in [0, 0.05) is 4.88 Å². The predicted octanol–water partition coefficient (Wildman–Crippen LogP) is 3.32. The Bertz CT molecular complexity index is 782. The number of rotatable bonds is 6. The lowest BCUT2D eigenvalue weighted by atomic mass is 9.88. The van der Waals surface area contributed by atoms with Gasteiger partial charge >= 0.3 is 5.97 Å². The second kappa shape index (κ2) is 8.05. The quantitative estimate of drug-likeness (QED) is 0.783. The molecule has 2 aromatic heterocycles. The maximum atomic E-state index is 12.5. The van der Waals surface area contributed by atoms with E-state index in [2.05, 4.69) is 12.2 Å². The molecule has 0 radical (unpaired) electrons. The van der Waals surface area contributed by atoms with Gasteiger partial charge in [0.2, 0.25) is 5.91 Å². The average molecular weight is 376 g/mol. The van der Waals surface area contributed by atoms with Crippen molar-refractivity contribution >= 4 is 28.2 Å². The Morgan fingerprint density at radius 1 is 1.46 bits per heavy atom. The molecule has 0 saturated carbocycles. The number of likely N-dealkylation sites (N-methyl/N-ethyl adjacent to an activating group) is 1. The number of amides is 1. The largest absolute Gasteiger partial charge is 0.468 e. The van der Waals surface area contributed by atoms with Crippen molar-refractivity contribution in [3.63, 3.8) is 0 Å². The second-order valence-electron chi connectivity index (χ2n) is 6.85. The van der Waals surface area contributed by atoms with E-state index in [1.165, 1.54) is 23.3 Å². The molecule has 0 bridgehead atoms. The van der Waals surface area contributed by atoms with Crippen LogP contribution in [0.1, 0.15) is 39.9 Å². The molecule has 2 aromatic rings. The third kappa shape index (κ3) is 4.16. The van der Waals surface area contributed by atoms with Crippen molar-refractivity contribution in [2.24, 2.45) is 5.92 Å². The zero-order valence-corrected chi connectivity index (χ0v) is 16.1. The molecule has 1 aliphatic carbocycles. The van der Waals surface area contributed by atoms with Crippen LogP contribution in [0.5, 0.6) is 0 Å². The van der Waals surface area contributed by atoms with Crippen LogP contribution in [0.2, 0.25) is 0 Å². The van der Waals surface area contributed by atoms with Gasteiger partial charge in [-0.25, -0.2) is 4.79 Å². The molecule has 6 nitrogen and oxygen atoms in total. The summed E-state index contributed by atoms with van der Waals surface area (Å²) in [5, 5.41) is 3.52. The zero-order chi connectivity index (χ0) is 18.7. The Kier molecular flexibility index (Phi) is 5.78. The maximum Gasteiger partial charge on any atom is 0.341 e. The third-order valence-electron chi connectivity index (χ3n) is 4.57. The fraction of sp³-hybridized carbons (Fsp3) is 0.474. The summed E-state index contributed by atoms with van der Waals surface area (Å²) in [5.41, 5.74) is 1.57. The summed E-state index contributed by atoms with van der Waals surface area (Å²) in [7, 11) is 3.23. The number of carbonyl (C=O) groups is 2. The van der Waals surface area contributed by atoms with Crippen molar-refractivity contribution in [2.45, 2.75) is 32.7 Å². The number of esters is 1. The molecule has 1 atom stereocenters. The number of methoxy groups -OCH3 is 1. The highest BCUT2D eigenvalue weighted by Crippen LogP contribution is 2.40. The minimum Gasteiger partial charge on any atom is -0.468 e. The van der Waals surface area contributed by atoms with Crippen molar-refractivity contribution in [2.75, 3.05) is 26.0 Å². The molecular formula is C19H24N2O4S. The van der Waals surface area contributed by atoms with Crippen LogP contribution in [-0.2, 0) is 28.9 Å². The van der Waals surface area contributed by atoms with E-state index in [-0.39, 0.29) is 18.4 Å². The lowest BCUT2D eigenvalue weighted by molar-refractivity contribution is -0.117. The lowest BCUT2D eigenvalue weighted by Crippen LogP contribution is -2.30. The van der Waals surface area contributed by atoms with Crippen LogP contribution >= 0.6 is 11.3 Å². The van der Waals surface area contributed by atoms with E-state index >= 15 is 0 Å². The Hall–Kier alpha value is -2.12. The van der Waals surface area contributed by atoms with Crippen LogP contribution < -0.4 is 5.32 Å².